The van der Waals surface area contributed by atoms with Crippen molar-refractivity contribution in [2.24, 2.45) is 0 Å². The minimum Gasteiger partial charge on any atom is -0.476 e. The molecule has 0 radical (unpaired) electrons. The number of para-hydroxylation sites is 1. The third-order valence-electron chi connectivity index (χ3n) is 12.2. The second kappa shape index (κ2) is 23.2. The molecule has 19 heteroatoms. The molecule has 0 bridgehead atoms. The predicted molar refractivity (Wildman–Crippen MR) is 251 cm³/mol. The van der Waals surface area contributed by atoms with Crippen molar-refractivity contribution in [2.75, 3.05) is 106 Å². The predicted octanol–water partition coefficient (Wildman–Crippen LogP) is 6.45. The molecule has 3 unspecified atom stereocenters. The molecular formula is C49H64N3O15P. The number of aryl methyl sites for hydroxylation is 1. The first-order valence-corrected chi connectivity index (χ1v) is 25.1. The number of carbonyl (C=O) groups is 1. The van der Waals surface area contributed by atoms with Crippen molar-refractivity contribution in [2.45, 2.75) is 71.3 Å². The molecule has 3 aliphatic rings. The first-order valence-electron chi connectivity index (χ1n) is 23.1. The topological polar surface area (TPSA) is 204 Å². The lowest BCUT2D eigenvalue weighted by molar-refractivity contribution is -0.163. The number of nitrogens with zero attached hydrogens (tertiary/aromatic N) is 2. The Morgan fingerprint density at radius 3 is 2.07 bits per heavy atom. The fraction of sp³-hybridized carbons (Fsp3) is 0.551. The summed E-state index contributed by atoms with van der Waals surface area (Å²) in [4.78, 5) is 32.3. The van der Waals surface area contributed by atoms with Crippen LogP contribution >= 0.6 is 7.60 Å². The fourth-order valence-electron chi connectivity index (χ4n) is 8.57. The largest absolute Gasteiger partial charge is 0.476 e. The summed E-state index contributed by atoms with van der Waals surface area (Å²) < 4.78 is 84.5. The number of benzene rings is 2. The van der Waals surface area contributed by atoms with E-state index < -0.39 is 24.8 Å². The van der Waals surface area contributed by atoms with Crippen molar-refractivity contribution in [3.63, 3.8) is 0 Å². The Morgan fingerprint density at radius 1 is 0.853 bits per heavy atom. The van der Waals surface area contributed by atoms with E-state index in [9.17, 15) is 14.2 Å². The summed E-state index contributed by atoms with van der Waals surface area (Å²) in [6.45, 7) is 14.5. The molecule has 0 saturated heterocycles. The fourth-order valence-corrected chi connectivity index (χ4v) is 10.1. The lowest BCUT2D eigenvalue weighted by Crippen LogP contribution is -2.46. The molecule has 7 rings (SSSR count). The van der Waals surface area contributed by atoms with E-state index in [1.807, 2.05) is 43.3 Å². The average Bonchev–Trinajstić information content (AvgIpc) is 3.68. The van der Waals surface area contributed by atoms with Gasteiger partial charge in [-0.1, -0.05) is 25.1 Å². The van der Waals surface area contributed by atoms with Crippen molar-refractivity contribution in [1.82, 2.24) is 9.55 Å². The molecular weight excluding hydrogens is 902 g/mol. The van der Waals surface area contributed by atoms with Gasteiger partial charge in [0.1, 0.15) is 24.7 Å². The van der Waals surface area contributed by atoms with Crippen LogP contribution < -0.4 is 14.8 Å². The van der Waals surface area contributed by atoms with Crippen LogP contribution in [0.1, 0.15) is 60.1 Å². The number of rotatable bonds is 27. The van der Waals surface area contributed by atoms with E-state index in [1.54, 1.807) is 38.5 Å². The highest BCUT2D eigenvalue weighted by molar-refractivity contribution is 7.53. The van der Waals surface area contributed by atoms with E-state index in [2.05, 4.69) is 0 Å². The maximum Gasteiger partial charge on any atom is 0.377 e. The first-order chi connectivity index (χ1) is 32.8. The molecule has 0 spiro atoms. The summed E-state index contributed by atoms with van der Waals surface area (Å²) in [5, 5.41) is 9.98. The molecule has 3 aliphatic heterocycles. The van der Waals surface area contributed by atoms with Crippen LogP contribution in [-0.4, -0.2) is 133 Å². The number of pyridine rings is 2. The van der Waals surface area contributed by atoms with E-state index in [0.717, 1.165) is 22.0 Å². The van der Waals surface area contributed by atoms with E-state index >= 15 is 0 Å². The second-order valence-corrected chi connectivity index (χ2v) is 18.9. The standard InChI is InChI=1S/C49H64N3O15P/c1-7-49(39-30-41-43-36(29-35-10-8-9-11-40(35)51-43)31-52(41)45(53)38(39)32-64-46(49)50)67-68(6,55)66-44-33(2)28-42-37(34(44)3)12-13-48(4,65-42)47(54)63-27-26-62-25-24-61-23-22-60-21-20-59-19-18-58-17-16-57-15-14-56-5/h8-11,28-30,50H,7,12-27,31-32H2,1-6H3. The Bertz CT molecular complexity index is 2530. The highest BCUT2D eigenvalue weighted by atomic mass is 31.2. The molecule has 4 aromatic rings. The smallest absolute Gasteiger partial charge is 0.377 e. The van der Waals surface area contributed by atoms with Crippen molar-refractivity contribution in [3.05, 3.63) is 86.2 Å². The zero-order valence-electron chi connectivity index (χ0n) is 39.9. The van der Waals surface area contributed by atoms with E-state index in [1.165, 1.54) is 6.66 Å². The van der Waals surface area contributed by atoms with Crippen LogP contribution in [0.5, 0.6) is 11.5 Å². The summed E-state index contributed by atoms with van der Waals surface area (Å²) in [5.41, 5.74) is 2.56. The number of ether oxygens (including phenoxy) is 10. The van der Waals surface area contributed by atoms with Gasteiger partial charge in [0.15, 0.2) is 5.60 Å². The Kier molecular flexibility index (Phi) is 17.5. The molecule has 0 saturated carbocycles. The molecule has 3 atom stereocenters. The molecule has 5 heterocycles. The van der Waals surface area contributed by atoms with Gasteiger partial charge in [-0.25, -0.2) is 14.3 Å². The van der Waals surface area contributed by atoms with Crippen LogP contribution in [0.25, 0.3) is 22.3 Å². The van der Waals surface area contributed by atoms with Crippen LogP contribution in [0, 0.1) is 19.3 Å². The first kappa shape index (κ1) is 51.1. The van der Waals surface area contributed by atoms with Crippen molar-refractivity contribution in [1.29, 1.82) is 5.41 Å². The molecule has 68 heavy (non-hydrogen) atoms. The van der Waals surface area contributed by atoms with Crippen molar-refractivity contribution >= 4 is 30.4 Å². The van der Waals surface area contributed by atoms with Gasteiger partial charge in [0, 0.05) is 42.3 Å². The van der Waals surface area contributed by atoms with Gasteiger partial charge < -0.3 is 56.5 Å². The van der Waals surface area contributed by atoms with E-state index in [4.69, 9.17) is 66.8 Å². The normalized spacial score (nSPS) is 19.1. The highest BCUT2D eigenvalue weighted by Crippen LogP contribution is 2.56. The number of esters is 1. The number of carbonyl (C=O) groups excluding carboxylic acids is 1. The molecule has 2 aromatic heterocycles. The number of fused-ring (bicyclic) bond motifs is 6. The third kappa shape index (κ3) is 11.8. The van der Waals surface area contributed by atoms with Gasteiger partial charge in [0.2, 0.25) is 11.5 Å². The highest BCUT2D eigenvalue weighted by Gasteiger charge is 2.50. The maximum absolute atomic E-state index is 14.6. The summed E-state index contributed by atoms with van der Waals surface area (Å²) in [6, 6.07) is 13.4. The van der Waals surface area contributed by atoms with Gasteiger partial charge in [-0.2, -0.15) is 0 Å². The Hall–Kier alpha value is -4.75. The number of methoxy groups -OCH3 is 1. The van der Waals surface area contributed by atoms with Gasteiger partial charge in [-0.3, -0.25) is 14.7 Å². The summed E-state index contributed by atoms with van der Waals surface area (Å²) in [7, 11) is -2.43. The number of nitrogens with one attached hydrogen (secondary N) is 1. The monoisotopic (exact) mass is 965 g/mol. The van der Waals surface area contributed by atoms with Gasteiger partial charge in [-0.15, -0.1) is 0 Å². The molecule has 0 aliphatic carbocycles. The lowest BCUT2D eigenvalue weighted by atomic mass is 9.85. The zero-order valence-corrected chi connectivity index (χ0v) is 40.8. The number of hydrogen-bond donors (Lipinski definition) is 1. The molecule has 0 fully saturated rings. The molecule has 0 amide bonds. The van der Waals surface area contributed by atoms with Crippen molar-refractivity contribution < 1.29 is 65.8 Å². The average molecular weight is 966 g/mol. The lowest BCUT2D eigenvalue weighted by Gasteiger charge is -2.39. The minimum atomic E-state index is -4.06. The van der Waals surface area contributed by atoms with Gasteiger partial charge in [0.25, 0.3) is 5.56 Å². The third-order valence-corrected chi connectivity index (χ3v) is 13.3. The van der Waals surface area contributed by atoms with Crippen LogP contribution in [0.4, 0.5) is 0 Å². The Morgan fingerprint density at radius 2 is 1.46 bits per heavy atom. The molecule has 18 nitrogen and oxygen atoms in total. The molecule has 370 valence electrons. The molecule has 1 N–H and O–H groups in total. The van der Waals surface area contributed by atoms with Gasteiger partial charge >= 0.3 is 13.6 Å². The summed E-state index contributed by atoms with van der Waals surface area (Å²) >= 11 is 0. The van der Waals surface area contributed by atoms with Gasteiger partial charge in [0.05, 0.1) is 115 Å². The van der Waals surface area contributed by atoms with Crippen molar-refractivity contribution in [3.8, 4) is 22.9 Å². The van der Waals surface area contributed by atoms with Crippen LogP contribution in [0.3, 0.4) is 0 Å². The van der Waals surface area contributed by atoms with Crippen LogP contribution in [0.2, 0.25) is 0 Å². The van der Waals surface area contributed by atoms with E-state index in [0.29, 0.717) is 144 Å². The SMILES string of the molecule is CCC1(OP(C)(=O)Oc2c(C)cc3c(c2C)CCC(C)(C(=O)OCCOCCOCCOCCOCCOCCOCCOC)O3)C(=N)OCc2c1cc1n(c2=O)Cc2cc3ccccc3nc2-1. The summed E-state index contributed by atoms with van der Waals surface area (Å²) in [5.74, 6) is 0.0544. The zero-order chi connectivity index (χ0) is 48.3. The second-order valence-electron chi connectivity index (χ2n) is 17.0. The van der Waals surface area contributed by atoms with Crippen LogP contribution in [-0.2, 0) is 81.7 Å². The maximum atomic E-state index is 14.6. The summed E-state index contributed by atoms with van der Waals surface area (Å²) in [6.07, 6.45) is 0.907. The van der Waals surface area contributed by atoms with Gasteiger partial charge in [-0.05, 0) is 69.0 Å². The quantitative estimate of drug-likeness (QED) is 0.0341. The van der Waals surface area contributed by atoms with Crippen LogP contribution in [0.15, 0.2) is 47.3 Å². The number of aromatic nitrogens is 2. The minimum absolute atomic E-state index is 0.0443. The molecule has 2 aromatic carbocycles. The Labute approximate surface area is 396 Å². The Balaban J connectivity index is 0.866. The number of hydrogen-bond acceptors (Lipinski definition) is 17. The van der Waals surface area contributed by atoms with E-state index in [-0.39, 0.29) is 37.7 Å².